The minimum Gasteiger partial charge on any atom is -0.0646 e. The maximum absolute atomic E-state index is 2.62. The molecule has 0 bridgehead atoms. The van der Waals surface area contributed by atoms with Crippen molar-refractivity contribution in [2.75, 3.05) is 0 Å². The average Bonchev–Trinajstić information content (AvgIpc) is 3.40. The number of benzene rings is 8. The average molecular weight is 715 g/mol. The SMILES string of the molecule is CCC(C)(C)c1ccc(-c2c3ccccc3c(-c3ccc(C(C)(C)C)cc3)c3cc4c(cc23)-c2ccc(-c3ccc5ccccc5c3)cc2[Si]4(C)C)cc1. The van der Waals surface area contributed by atoms with E-state index in [2.05, 4.69) is 200 Å². The van der Waals surface area contributed by atoms with Gasteiger partial charge in [0.2, 0.25) is 0 Å². The van der Waals surface area contributed by atoms with E-state index in [1.165, 1.54) is 98.3 Å². The summed E-state index contributed by atoms with van der Waals surface area (Å²) in [5, 5.41) is 11.0. The van der Waals surface area contributed by atoms with E-state index in [0.717, 1.165) is 6.42 Å². The van der Waals surface area contributed by atoms with Crippen LogP contribution in [0.5, 0.6) is 0 Å². The van der Waals surface area contributed by atoms with E-state index in [4.69, 9.17) is 0 Å². The predicted molar refractivity (Wildman–Crippen MR) is 239 cm³/mol. The second kappa shape index (κ2) is 12.4. The van der Waals surface area contributed by atoms with Crippen molar-refractivity contribution in [1.29, 1.82) is 0 Å². The smallest absolute Gasteiger partial charge is 0.0646 e. The maximum Gasteiger partial charge on any atom is 0.113 e. The highest BCUT2D eigenvalue weighted by atomic mass is 28.3. The van der Waals surface area contributed by atoms with E-state index >= 15 is 0 Å². The Kier molecular flexibility index (Phi) is 7.93. The second-order valence-electron chi connectivity index (χ2n) is 17.8. The third kappa shape index (κ3) is 5.47. The molecule has 0 saturated heterocycles. The molecule has 54 heavy (non-hydrogen) atoms. The van der Waals surface area contributed by atoms with Crippen LogP contribution in [0.3, 0.4) is 0 Å². The van der Waals surface area contributed by atoms with E-state index < -0.39 is 8.07 Å². The third-order valence-corrected chi connectivity index (χ3v) is 16.3. The predicted octanol–water partition coefficient (Wildman–Crippen LogP) is 13.9. The molecule has 0 unspecified atom stereocenters. The van der Waals surface area contributed by atoms with Crippen LogP contribution in [0.4, 0.5) is 0 Å². The molecule has 1 aliphatic heterocycles. The lowest BCUT2D eigenvalue weighted by Crippen LogP contribution is -2.49. The van der Waals surface area contributed by atoms with Crippen molar-refractivity contribution in [3.63, 3.8) is 0 Å². The number of rotatable bonds is 5. The van der Waals surface area contributed by atoms with Crippen molar-refractivity contribution in [2.24, 2.45) is 0 Å². The Morgan fingerprint density at radius 1 is 0.426 bits per heavy atom. The lowest BCUT2D eigenvalue weighted by molar-refractivity contribution is 0.506. The Hall–Kier alpha value is -5.24. The molecule has 0 nitrogen and oxygen atoms in total. The molecule has 9 rings (SSSR count). The van der Waals surface area contributed by atoms with E-state index in [0.29, 0.717) is 0 Å². The lowest BCUT2D eigenvalue weighted by atomic mass is 9.80. The lowest BCUT2D eigenvalue weighted by Gasteiger charge is -2.25. The summed E-state index contributed by atoms with van der Waals surface area (Å²) in [6.07, 6.45) is 1.11. The maximum atomic E-state index is 2.62. The topological polar surface area (TPSA) is 0 Å². The van der Waals surface area contributed by atoms with Crippen molar-refractivity contribution in [3.8, 4) is 44.5 Å². The van der Waals surface area contributed by atoms with Crippen LogP contribution in [0.25, 0.3) is 76.8 Å². The van der Waals surface area contributed by atoms with Crippen LogP contribution in [0.15, 0.2) is 146 Å². The molecule has 8 aromatic carbocycles. The molecular formula is C53H50Si. The van der Waals surface area contributed by atoms with Gasteiger partial charge in [-0.3, -0.25) is 0 Å². The summed E-state index contributed by atoms with van der Waals surface area (Å²) in [5.41, 5.74) is 13.6. The fourth-order valence-corrected chi connectivity index (χ4v) is 12.1. The standard InChI is InChI=1S/C53H50Si/c1-9-53(5,6)41-27-22-36(23-28-41)50-43-16-12-13-17-44(43)51(35-20-25-40(26-21-35)52(2,3)4)47-33-49-45(32-46(47)50)42-29-24-39(31-48(42)54(49,7)8)38-19-18-34-14-10-11-15-37(34)30-38/h10-33H,9H2,1-8H3. The molecule has 0 spiro atoms. The van der Waals surface area contributed by atoms with Gasteiger partial charge in [0.15, 0.2) is 0 Å². The molecule has 0 saturated carbocycles. The zero-order valence-corrected chi connectivity index (χ0v) is 34.1. The van der Waals surface area contributed by atoms with Gasteiger partial charge in [-0.2, -0.15) is 0 Å². The molecule has 0 N–H and O–H groups in total. The molecule has 1 heterocycles. The third-order valence-electron chi connectivity index (χ3n) is 12.8. The fraction of sp³-hybridized carbons (Fsp3) is 0.208. The summed E-state index contributed by atoms with van der Waals surface area (Å²) in [4.78, 5) is 0. The summed E-state index contributed by atoms with van der Waals surface area (Å²) in [7, 11) is -2.07. The van der Waals surface area contributed by atoms with Crippen molar-refractivity contribution >= 4 is 50.8 Å². The number of hydrogen-bond acceptors (Lipinski definition) is 0. The highest BCUT2D eigenvalue weighted by Gasteiger charge is 2.38. The highest BCUT2D eigenvalue weighted by Crippen LogP contribution is 2.46. The first-order valence-corrected chi connectivity index (χ1v) is 22.7. The first-order valence-electron chi connectivity index (χ1n) is 19.7. The molecule has 266 valence electrons. The normalized spacial score (nSPS) is 13.8. The minimum absolute atomic E-state index is 0.0962. The van der Waals surface area contributed by atoms with Gasteiger partial charge >= 0.3 is 0 Å². The molecule has 0 radical (unpaired) electrons. The molecule has 0 fully saturated rings. The van der Waals surface area contributed by atoms with E-state index in [1.54, 1.807) is 0 Å². The highest BCUT2D eigenvalue weighted by molar-refractivity contribution is 7.04. The molecule has 0 amide bonds. The summed E-state index contributed by atoms with van der Waals surface area (Å²) < 4.78 is 0. The van der Waals surface area contributed by atoms with Crippen LogP contribution in [-0.2, 0) is 10.8 Å². The van der Waals surface area contributed by atoms with Crippen LogP contribution >= 0.6 is 0 Å². The van der Waals surface area contributed by atoms with Crippen LogP contribution < -0.4 is 10.4 Å². The Morgan fingerprint density at radius 2 is 0.926 bits per heavy atom. The van der Waals surface area contributed by atoms with Gasteiger partial charge in [-0.1, -0.05) is 188 Å². The van der Waals surface area contributed by atoms with Gasteiger partial charge in [0.1, 0.15) is 8.07 Å². The number of fused-ring (bicyclic) bond motifs is 6. The number of hydrogen-bond donors (Lipinski definition) is 0. The Bertz CT molecular complexity index is 2750. The second-order valence-corrected chi connectivity index (χ2v) is 22.2. The van der Waals surface area contributed by atoms with Crippen molar-refractivity contribution in [1.82, 2.24) is 0 Å². The van der Waals surface area contributed by atoms with Gasteiger partial charge in [-0.25, -0.2) is 0 Å². The molecule has 0 aliphatic carbocycles. The summed E-state index contributed by atoms with van der Waals surface area (Å²) in [6.45, 7) is 19.0. The van der Waals surface area contributed by atoms with Gasteiger partial charge in [-0.05, 0) is 128 Å². The van der Waals surface area contributed by atoms with Gasteiger partial charge in [0, 0.05) is 0 Å². The van der Waals surface area contributed by atoms with Gasteiger partial charge in [0.25, 0.3) is 0 Å². The molecule has 0 atom stereocenters. The van der Waals surface area contributed by atoms with Gasteiger partial charge in [0.05, 0.1) is 0 Å². The monoisotopic (exact) mass is 714 g/mol. The minimum atomic E-state index is -2.07. The van der Waals surface area contributed by atoms with Crippen LogP contribution in [-0.4, -0.2) is 8.07 Å². The van der Waals surface area contributed by atoms with E-state index in [1.807, 2.05) is 0 Å². The zero-order chi connectivity index (χ0) is 37.6. The van der Waals surface area contributed by atoms with Gasteiger partial charge in [-0.15, -0.1) is 0 Å². The zero-order valence-electron chi connectivity index (χ0n) is 33.1. The van der Waals surface area contributed by atoms with Crippen molar-refractivity contribution in [2.45, 2.75) is 71.9 Å². The Balaban J connectivity index is 1.31. The van der Waals surface area contributed by atoms with Crippen molar-refractivity contribution in [3.05, 3.63) is 157 Å². The first kappa shape index (κ1) is 34.5. The molecule has 8 aromatic rings. The largest absolute Gasteiger partial charge is 0.113 e. The van der Waals surface area contributed by atoms with E-state index in [9.17, 15) is 0 Å². The summed E-state index contributed by atoms with van der Waals surface area (Å²) in [5.74, 6) is 0. The van der Waals surface area contributed by atoms with Crippen LogP contribution in [0.1, 0.15) is 59.1 Å². The van der Waals surface area contributed by atoms with Gasteiger partial charge < -0.3 is 0 Å². The molecular weight excluding hydrogens is 665 g/mol. The fourth-order valence-electron chi connectivity index (χ4n) is 9.00. The van der Waals surface area contributed by atoms with Crippen molar-refractivity contribution < 1.29 is 0 Å². The van der Waals surface area contributed by atoms with Crippen LogP contribution in [0.2, 0.25) is 13.1 Å². The van der Waals surface area contributed by atoms with Crippen LogP contribution in [0, 0.1) is 0 Å². The first-order chi connectivity index (χ1) is 25.8. The summed E-state index contributed by atoms with van der Waals surface area (Å²) in [6, 6.07) is 56.1. The Labute approximate surface area is 322 Å². The Morgan fingerprint density at radius 3 is 1.54 bits per heavy atom. The summed E-state index contributed by atoms with van der Waals surface area (Å²) >= 11 is 0. The molecule has 0 aromatic heterocycles. The quantitative estimate of drug-likeness (QED) is 0.123. The van der Waals surface area contributed by atoms with E-state index in [-0.39, 0.29) is 10.8 Å². The molecule has 1 aliphatic rings. The molecule has 1 heteroatoms.